The topological polar surface area (TPSA) is 35.2 Å². The second-order valence-electron chi connectivity index (χ2n) is 6.12. The van der Waals surface area contributed by atoms with Gasteiger partial charge >= 0.3 is 0 Å². The zero-order valence-electron chi connectivity index (χ0n) is 11.5. The Morgan fingerprint density at radius 1 is 1.47 bits per heavy atom. The van der Waals surface area contributed by atoms with Crippen molar-refractivity contribution in [2.75, 3.05) is 6.61 Å². The van der Waals surface area contributed by atoms with E-state index in [0.717, 1.165) is 19.4 Å². The maximum atomic E-state index is 6.54. The Kier molecular flexibility index (Phi) is 4.05. The van der Waals surface area contributed by atoms with Crippen LogP contribution >= 0.6 is 27.3 Å². The van der Waals surface area contributed by atoms with Crippen LogP contribution in [0.3, 0.4) is 0 Å². The summed E-state index contributed by atoms with van der Waals surface area (Å²) in [4.78, 5) is 1.32. The highest BCUT2D eigenvalue weighted by Crippen LogP contribution is 2.46. The number of hydrogen-bond donors (Lipinski definition) is 1. The standard InChI is InChI=1S/C15H22BrNOS/c1-10-8-12(19-14(10)16)13(17)11-4-7-18-15(9-11)5-2-3-6-15/h8,11,13H,2-7,9,17H2,1H3. The smallest absolute Gasteiger partial charge is 0.0731 e. The minimum atomic E-state index is 0.171. The lowest BCUT2D eigenvalue weighted by molar-refractivity contribution is -0.0962. The molecule has 106 valence electrons. The molecule has 0 amide bonds. The Balaban J connectivity index is 1.74. The highest BCUT2D eigenvalue weighted by molar-refractivity contribution is 9.11. The number of nitrogens with two attached hydrogens (primary N) is 1. The van der Waals surface area contributed by atoms with Gasteiger partial charge in [0, 0.05) is 17.5 Å². The summed E-state index contributed by atoms with van der Waals surface area (Å²) < 4.78 is 7.33. The summed E-state index contributed by atoms with van der Waals surface area (Å²) in [5.41, 5.74) is 8.01. The molecule has 2 heterocycles. The minimum absolute atomic E-state index is 0.171. The number of rotatable bonds is 2. The molecular formula is C15H22BrNOS. The molecule has 0 radical (unpaired) electrons. The lowest BCUT2D eigenvalue weighted by Gasteiger charge is -2.40. The molecule has 1 spiro atoms. The number of aryl methyl sites for hydroxylation is 1. The molecule has 1 saturated heterocycles. The van der Waals surface area contributed by atoms with Gasteiger partial charge in [-0.3, -0.25) is 0 Å². The van der Waals surface area contributed by atoms with E-state index in [0.29, 0.717) is 5.92 Å². The Bertz CT molecular complexity index is 433. The molecule has 2 fully saturated rings. The SMILES string of the molecule is Cc1cc(C(N)C2CCOC3(CCCC3)C2)sc1Br. The Morgan fingerprint density at radius 2 is 2.21 bits per heavy atom. The van der Waals surface area contributed by atoms with E-state index < -0.39 is 0 Å². The van der Waals surface area contributed by atoms with E-state index in [-0.39, 0.29) is 11.6 Å². The van der Waals surface area contributed by atoms with Crippen LogP contribution in [0.25, 0.3) is 0 Å². The largest absolute Gasteiger partial charge is 0.375 e. The first-order valence-corrected chi connectivity index (χ1v) is 8.86. The van der Waals surface area contributed by atoms with E-state index in [1.807, 2.05) is 0 Å². The summed E-state index contributed by atoms with van der Waals surface area (Å²) in [6.45, 7) is 3.03. The summed E-state index contributed by atoms with van der Waals surface area (Å²) in [5.74, 6) is 0.580. The molecule has 1 aromatic heterocycles. The van der Waals surface area contributed by atoms with Crippen LogP contribution < -0.4 is 5.73 Å². The summed E-state index contributed by atoms with van der Waals surface area (Å²) in [6.07, 6.45) is 7.39. The van der Waals surface area contributed by atoms with E-state index in [4.69, 9.17) is 10.5 Å². The molecule has 19 heavy (non-hydrogen) atoms. The van der Waals surface area contributed by atoms with Crippen molar-refractivity contribution in [1.29, 1.82) is 0 Å². The van der Waals surface area contributed by atoms with Crippen molar-refractivity contribution in [3.05, 3.63) is 20.3 Å². The summed E-state index contributed by atoms with van der Waals surface area (Å²) in [5, 5.41) is 0. The van der Waals surface area contributed by atoms with Crippen molar-refractivity contribution in [2.24, 2.45) is 11.7 Å². The van der Waals surface area contributed by atoms with Crippen molar-refractivity contribution < 1.29 is 4.74 Å². The van der Waals surface area contributed by atoms with Gasteiger partial charge < -0.3 is 10.5 Å². The highest BCUT2D eigenvalue weighted by Gasteiger charge is 2.41. The predicted molar refractivity (Wildman–Crippen MR) is 83.6 cm³/mol. The number of halogens is 1. The van der Waals surface area contributed by atoms with Crippen molar-refractivity contribution in [1.82, 2.24) is 0 Å². The van der Waals surface area contributed by atoms with Gasteiger partial charge in [0.25, 0.3) is 0 Å². The van der Waals surface area contributed by atoms with Gasteiger partial charge in [0.15, 0.2) is 0 Å². The molecule has 4 heteroatoms. The monoisotopic (exact) mass is 343 g/mol. The molecule has 1 aliphatic heterocycles. The molecule has 2 atom stereocenters. The molecule has 2 nitrogen and oxygen atoms in total. The van der Waals surface area contributed by atoms with Gasteiger partial charge in [-0.05, 0) is 66.1 Å². The van der Waals surface area contributed by atoms with E-state index in [1.54, 1.807) is 11.3 Å². The normalized spacial score (nSPS) is 27.8. The Morgan fingerprint density at radius 3 is 2.84 bits per heavy atom. The van der Waals surface area contributed by atoms with Crippen LogP contribution in [0.5, 0.6) is 0 Å². The van der Waals surface area contributed by atoms with Crippen molar-refractivity contribution in [3.8, 4) is 0 Å². The fourth-order valence-corrected chi connectivity index (χ4v) is 5.29. The zero-order valence-corrected chi connectivity index (χ0v) is 13.9. The summed E-state index contributed by atoms with van der Waals surface area (Å²) in [7, 11) is 0. The molecule has 3 rings (SSSR count). The van der Waals surface area contributed by atoms with Gasteiger partial charge in [-0.15, -0.1) is 11.3 Å². The van der Waals surface area contributed by atoms with E-state index in [2.05, 4.69) is 28.9 Å². The molecule has 0 bridgehead atoms. The van der Waals surface area contributed by atoms with Crippen LogP contribution in [0, 0.1) is 12.8 Å². The molecule has 1 aliphatic carbocycles. The molecule has 0 aromatic carbocycles. The first-order valence-electron chi connectivity index (χ1n) is 7.25. The van der Waals surface area contributed by atoms with Crippen LogP contribution in [0.1, 0.15) is 55.0 Å². The summed E-state index contributed by atoms with van der Waals surface area (Å²) in [6, 6.07) is 2.42. The maximum absolute atomic E-state index is 6.54. The third-order valence-corrected chi connectivity index (χ3v) is 7.00. The maximum Gasteiger partial charge on any atom is 0.0731 e. The average Bonchev–Trinajstić information content (AvgIpc) is 2.97. The molecule has 2 N–H and O–H groups in total. The molecule has 2 unspecified atom stereocenters. The lowest BCUT2D eigenvalue weighted by Crippen LogP contribution is -2.40. The second kappa shape index (κ2) is 5.47. The number of ether oxygens (including phenoxy) is 1. The van der Waals surface area contributed by atoms with Gasteiger partial charge in [0.2, 0.25) is 0 Å². The first kappa shape index (κ1) is 14.1. The van der Waals surface area contributed by atoms with E-state index in [1.165, 1.54) is 39.9 Å². The fourth-order valence-electron chi connectivity index (χ4n) is 3.62. The molecule has 2 aliphatic rings. The minimum Gasteiger partial charge on any atom is -0.375 e. The first-order chi connectivity index (χ1) is 9.10. The number of hydrogen-bond acceptors (Lipinski definition) is 3. The highest BCUT2D eigenvalue weighted by atomic mass is 79.9. The third-order valence-electron chi connectivity index (χ3n) is 4.76. The van der Waals surface area contributed by atoms with Crippen LogP contribution in [-0.4, -0.2) is 12.2 Å². The van der Waals surface area contributed by atoms with Gasteiger partial charge in [0.05, 0.1) is 9.39 Å². The van der Waals surface area contributed by atoms with Crippen molar-refractivity contribution in [2.45, 2.75) is 57.1 Å². The quantitative estimate of drug-likeness (QED) is 0.854. The second-order valence-corrected chi connectivity index (χ2v) is 8.52. The third kappa shape index (κ3) is 2.78. The predicted octanol–water partition coefficient (Wildman–Crippen LogP) is 4.56. The van der Waals surface area contributed by atoms with E-state index in [9.17, 15) is 0 Å². The zero-order chi connectivity index (χ0) is 13.5. The fraction of sp³-hybridized carbons (Fsp3) is 0.733. The van der Waals surface area contributed by atoms with Gasteiger partial charge in [-0.2, -0.15) is 0 Å². The van der Waals surface area contributed by atoms with Crippen molar-refractivity contribution >= 4 is 27.3 Å². The number of thiophene rings is 1. The Labute approximate surface area is 127 Å². The molecule has 1 aromatic rings. The average molecular weight is 344 g/mol. The van der Waals surface area contributed by atoms with Crippen LogP contribution in [-0.2, 0) is 4.74 Å². The Hall–Kier alpha value is 0.100. The molecular weight excluding hydrogens is 322 g/mol. The summed E-state index contributed by atoms with van der Waals surface area (Å²) >= 11 is 5.40. The van der Waals surface area contributed by atoms with Crippen LogP contribution in [0.4, 0.5) is 0 Å². The van der Waals surface area contributed by atoms with Crippen LogP contribution in [0.15, 0.2) is 9.85 Å². The lowest BCUT2D eigenvalue weighted by atomic mass is 9.80. The van der Waals surface area contributed by atoms with E-state index >= 15 is 0 Å². The van der Waals surface area contributed by atoms with Crippen LogP contribution in [0.2, 0.25) is 0 Å². The van der Waals surface area contributed by atoms with Crippen molar-refractivity contribution in [3.63, 3.8) is 0 Å². The molecule has 1 saturated carbocycles. The van der Waals surface area contributed by atoms with Gasteiger partial charge in [-0.1, -0.05) is 12.8 Å². The van der Waals surface area contributed by atoms with Gasteiger partial charge in [-0.25, -0.2) is 0 Å². The van der Waals surface area contributed by atoms with Gasteiger partial charge in [0.1, 0.15) is 0 Å².